The van der Waals surface area contributed by atoms with Crippen LogP contribution in [-0.2, 0) is 21.1 Å². The Balaban J connectivity index is 0.00000392. The minimum Gasteiger partial charge on any atom is -0.385 e. The van der Waals surface area contributed by atoms with Gasteiger partial charge in [-0.05, 0) is 30.9 Å². The molecular weight excluding hydrogens is 486 g/mol. The number of aliphatic imine (C=N–C) groups is 1. The van der Waals surface area contributed by atoms with Gasteiger partial charge in [-0.1, -0.05) is 18.2 Å². The Hall–Kier alpha value is -1.07. The zero-order valence-corrected chi connectivity index (χ0v) is 18.6. The second-order valence-electron chi connectivity index (χ2n) is 6.67. The topological polar surface area (TPSA) is 54.9 Å². The van der Waals surface area contributed by atoms with Crippen LogP contribution >= 0.6 is 24.0 Å². The van der Waals surface area contributed by atoms with E-state index in [4.69, 9.17) is 9.47 Å². The molecule has 9 heteroatoms. The Labute approximate surface area is 181 Å². The molecule has 0 aromatic heterocycles. The second-order valence-corrected chi connectivity index (χ2v) is 6.67. The first kappa shape index (κ1) is 25.0. The van der Waals surface area contributed by atoms with E-state index in [2.05, 4.69) is 15.6 Å². The van der Waals surface area contributed by atoms with Crippen LogP contribution in [-0.4, -0.2) is 53.0 Å². The van der Waals surface area contributed by atoms with Gasteiger partial charge in [0.1, 0.15) is 0 Å². The zero-order chi connectivity index (χ0) is 19.8. The second kappa shape index (κ2) is 11.8. The van der Waals surface area contributed by atoms with Crippen LogP contribution in [0.4, 0.5) is 13.2 Å². The van der Waals surface area contributed by atoms with Gasteiger partial charge in [0.15, 0.2) is 5.96 Å². The van der Waals surface area contributed by atoms with Gasteiger partial charge in [-0.15, -0.1) is 24.0 Å². The highest BCUT2D eigenvalue weighted by Crippen LogP contribution is 2.37. The Bertz CT molecular complexity index is 621. The average molecular weight is 515 g/mol. The fourth-order valence-electron chi connectivity index (χ4n) is 3.25. The summed E-state index contributed by atoms with van der Waals surface area (Å²) in [7, 11) is 3.32. The summed E-state index contributed by atoms with van der Waals surface area (Å²) in [6.07, 6.45) is -2.21. The minimum absolute atomic E-state index is 0. The number of hydrogen-bond donors (Lipinski definition) is 2. The molecular formula is C19H29F3IN3O2. The van der Waals surface area contributed by atoms with Gasteiger partial charge >= 0.3 is 6.18 Å². The molecule has 1 aromatic carbocycles. The van der Waals surface area contributed by atoms with Crippen molar-refractivity contribution < 1.29 is 22.6 Å². The highest BCUT2D eigenvalue weighted by Gasteiger charge is 2.37. The lowest BCUT2D eigenvalue weighted by atomic mass is 9.73. The van der Waals surface area contributed by atoms with E-state index in [1.54, 1.807) is 20.2 Å². The van der Waals surface area contributed by atoms with Crippen LogP contribution in [0.5, 0.6) is 0 Å². The van der Waals surface area contributed by atoms with E-state index in [0.29, 0.717) is 57.3 Å². The number of nitrogens with zero attached hydrogens (tertiary/aromatic N) is 1. The summed E-state index contributed by atoms with van der Waals surface area (Å²) >= 11 is 0. The van der Waals surface area contributed by atoms with Crippen LogP contribution in [0.2, 0.25) is 0 Å². The molecule has 1 aromatic rings. The number of guanidine groups is 1. The van der Waals surface area contributed by atoms with Crippen LogP contribution in [0.3, 0.4) is 0 Å². The number of hydrogen-bond acceptors (Lipinski definition) is 3. The molecule has 0 aliphatic carbocycles. The van der Waals surface area contributed by atoms with Crippen LogP contribution in [0.1, 0.15) is 30.4 Å². The number of benzene rings is 1. The Morgan fingerprint density at radius 1 is 1.25 bits per heavy atom. The lowest BCUT2D eigenvalue weighted by Gasteiger charge is -2.38. The van der Waals surface area contributed by atoms with Crippen molar-refractivity contribution in [3.63, 3.8) is 0 Å². The Kier molecular flexibility index (Phi) is 10.5. The quantitative estimate of drug-likeness (QED) is 0.253. The van der Waals surface area contributed by atoms with Crippen molar-refractivity contribution in [2.24, 2.45) is 4.99 Å². The molecule has 0 saturated carbocycles. The van der Waals surface area contributed by atoms with Crippen LogP contribution in [0.25, 0.3) is 0 Å². The Morgan fingerprint density at radius 2 is 1.96 bits per heavy atom. The van der Waals surface area contributed by atoms with Gasteiger partial charge in [-0.2, -0.15) is 13.2 Å². The van der Waals surface area contributed by atoms with Crippen LogP contribution in [0.15, 0.2) is 29.3 Å². The zero-order valence-electron chi connectivity index (χ0n) is 16.3. The standard InChI is InChI=1S/C19H28F3N3O2.HI/c1-23-17(24-9-4-10-26-2)25-14-18(7-11-27-12-8-18)15-5-3-6-16(13-15)19(20,21)22;/h3,5-6,13H,4,7-12,14H2,1-2H3,(H2,23,24,25);1H. The van der Waals surface area contributed by atoms with E-state index < -0.39 is 17.2 Å². The average Bonchev–Trinajstić information content (AvgIpc) is 2.67. The SMILES string of the molecule is CN=C(NCCCOC)NCC1(c2cccc(C(F)(F)F)c2)CCOCC1.I. The van der Waals surface area contributed by atoms with Crippen molar-refractivity contribution >= 4 is 29.9 Å². The van der Waals surface area contributed by atoms with Gasteiger partial charge in [0.2, 0.25) is 0 Å². The molecule has 1 fully saturated rings. The van der Waals surface area contributed by atoms with Crippen molar-refractivity contribution in [1.82, 2.24) is 10.6 Å². The maximum absolute atomic E-state index is 13.2. The highest BCUT2D eigenvalue weighted by atomic mass is 127. The Morgan fingerprint density at radius 3 is 2.57 bits per heavy atom. The molecule has 1 heterocycles. The number of rotatable bonds is 7. The first-order chi connectivity index (χ1) is 12.9. The lowest BCUT2D eigenvalue weighted by molar-refractivity contribution is -0.137. The third-order valence-electron chi connectivity index (χ3n) is 4.89. The first-order valence-electron chi connectivity index (χ1n) is 9.10. The number of alkyl halides is 3. The van der Waals surface area contributed by atoms with E-state index in [-0.39, 0.29) is 24.0 Å². The van der Waals surface area contributed by atoms with Gasteiger partial charge in [-0.25, -0.2) is 0 Å². The molecule has 2 N–H and O–H groups in total. The summed E-state index contributed by atoms with van der Waals surface area (Å²) in [5, 5.41) is 6.47. The number of halogens is 4. The number of ether oxygens (including phenoxy) is 2. The van der Waals surface area contributed by atoms with E-state index in [9.17, 15) is 13.2 Å². The van der Waals surface area contributed by atoms with Crippen molar-refractivity contribution in [1.29, 1.82) is 0 Å². The number of methoxy groups -OCH3 is 1. The highest BCUT2D eigenvalue weighted by molar-refractivity contribution is 14.0. The van der Waals surface area contributed by atoms with Crippen molar-refractivity contribution in [2.45, 2.75) is 30.9 Å². The van der Waals surface area contributed by atoms with Crippen LogP contribution < -0.4 is 10.6 Å². The molecule has 0 amide bonds. The molecule has 1 aliphatic heterocycles. The summed E-state index contributed by atoms with van der Waals surface area (Å²) in [5.41, 5.74) is -0.361. The number of nitrogens with one attached hydrogen (secondary N) is 2. The van der Waals surface area contributed by atoms with Gasteiger partial charge < -0.3 is 20.1 Å². The fourth-order valence-corrected chi connectivity index (χ4v) is 3.25. The molecule has 0 atom stereocenters. The molecule has 1 saturated heterocycles. The van der Waals surface area contributed by atoms with Crippen LogP contribution in [0, 0.1) is 0 Å². The molecule has 0 bridgehead atoms. The van der Waals surface area contributed by atoms with E-state index in [1.165, 1.54) is 12.1 Å². The molecule has 2 rings (SSSR count). The van der Waals surface area contributed by atoms with Crippen molar-refractivity contribution in [3.8, 4) is 0 Å². The molecule has 0 radical (unpaired) electrons. The smallest absolute Gasteiger partial charge is 0.385 e. The van der Waals surface area contributed by atoms with Crippen molar-refractivity contribution in [2.75, 3.05) is 47.1 Å². The van der Waals surface area contributed by atoms with E-state index >= 15 is 0 Å². The van der Waals surface area contributed by atoms with Gasteiger partial charge in [0.25, 0.3) is 0 Å². The minimum atomic E-state index is -4.35. The largest absolute Gasteiger partial charge is 0.416 e. The summed E-state index contributed by atoms with van der Waals surface area (Å²) in [6.45, 7) is 2.89. The summed E-state index contributed by atoms with van der Waals surface area (Å²) in [4.78, 5) is 4.19. The van der Waals surface area contributed by atoms with Crippen molar-refractivity contribution in [3.05, 3.63) is 35.4 Å². The van der Waals surface area contributed by atoms with Gasteiger partial charge in [-0.3, -0.25) is 4.99 Å². The van der Waals surface area contributed by atoms with E-state index in [1.807, 2.05) is 0 Å². The molecule has 0 unspecified atom stereocenters. The molecule has 5 nitrogen and oxygen atoms in total. The predicted molar refractivity (Wildman–Crippen MR) is 114 cm³/mol. The summed E-state index contributed by atoms with van der Waals surface area (Å²) in [6, 6.07) is 5.63. The monoisotopic (exact) mass is 515 g/mol. The third kappa shape index (κ3) is 7.07. The van der Waals surface area contributed by atoms with Gasteiger partial charge in [0, 0.05) is 52.5 Å². The van der Waals surface area contributed by atoms with E-state index in [0.717, 1.165) is 12.5 Å². The molecule has 1 aliphatic rings. The normalized spacial score (nSPS) is 17.0. The first-order valence-corrected chi connectivity index (χ1v) is 9.10. The van der Waals surface area contributed by atoms with Gasteiger partial charge in [0.05, 0.1) is 5.56 Å². The third-order valence-corrected chi connectivity index (χ3v) is 4.89. The summed E-state index contributed by atoms with van der Waals surface area (Å²) in [5.74, 6) is 0.629. The predicted octanol–water partition coefficient (Wildman–Crippen LogP) is 3.57. The maximum atomic E-state index is 13.2. The molecule has 28 heavy (non-hydrogen) atoms. The summed E-state index contributed by atoms with van der Waals surface area (Å²) < 4.78 is 49.9. The fraction of sp³-hybridized carbons (Fsp3) is 0.632. The molecule has 160 valence electrons. The lowest BCUT2D eigenvalue weighted by Crippen LogP contribution is -2.48. The molecule has 0 spiro atoms. The maximum Gasteiger partial charge on any atom is 0.416 e.